The first-order valence-electron chi connectivity index (χ1n) is 9.79. The van der Waals surface area contributed by atoms with Gasteiger partial charge in [-0.2, -0.15) is 0 Å². The quantitative estimate of drug-likeness (QED) is 0.425. The molecule has 1 aliphatic heterocycles. The SMILES string of the molecule is O=C1C(=O)N(C2CCCCC2)C(c2ccc(Cl)cc2)/C1=C(/O)c1ccc(F)cc1. The second-order valence-corrected chi connectivity index (χ2v) is 7.99. The highest BCUT2D eigenvalue weighted by Gasteiger charge is 2.48. The van der Waals surface area contributed by atoms with Crippen LogP contribution in [0.1, 0.15) is 49.3 Å². The van der Waals surface area contributed by atoms with E-state index >= 15 is 0 Å². The van der Waals surface area contributed by atoms with Gasteiger partial charge in [-0.1, -0.05) is 43.0 Å². The lowest BCUT2D eigenvalue weighted by Crippen LogP contribution is -2.40. The zero-order valence-electron chi connectivity index (χ0n) is 15.8. The van der Waals surface area contributed by atoms with E-state index in [1.165, 1.54) is 24.3 Å². The highest BCUT2D eigenvalue weighted by Crippen LogP contribution is 2.43. The number of hydrogen-bond donors (Lipinski definition) is 1. The Bertz CT molecular complexity index is 963. The molecule has 2 aromatic rings. The molecular formula is C23H21ClFNO3. The van der Waals surface area contributed by atoms with Gasteiger partial charge in [0, 0.05) is 16.6 Å². The summed E-state index contributed by atoms with van der Waals surface area (Å²) in [6.45, 7) is 0. The molecule has 1 saturated carbocycles. The molecule has 1 aliphatic carbocycles. The Balaban J connectivity index is 1.86. The largest absolute Gasteiger partial charge is 0.507 e. The standard InChI is InChI=1S/C23H21ClFNO3/c24-16-10-6-14(7-11-16)20-19(21(27)15-8-12-17(25)13-9-15)22(28)23(29)26(20)18-4-2-1-3-5-18/h6-13,18,20,27H,1-5H2/b21-19-. The van der Waals surface area contributed by atoms with Crippen molar-refractivity contribution in [2.24, 2.45) is 0 Å². The number of amides is 1. The zero-order chi connectivity index (χ0) is 20.5. The van der Waals surface area contributed by atoms with Gasteiger partial charge in [-0.25, -0.2) is 4.39 Å². The Morgan fingerprint density at radius 2 is 1.59 bits per heavy atom. The first-order chi connectivity index (χ1) is 14.0. The predicted octanol–water partition coefficient (Wildman–Crippen LogP) is 5.23. The van der Waals surface area contributed by atoms with Gasteiger partial charge in [0.25, 0.3) is 11.7 Å². The number of hydrogen-bond acceptors (Lipinski definition) is 3. The molecule has 0 radical (unpaired) electrons. The number of aliphatic hydroxyl groups excluding tert-OH is 1. The number of carbonyl (C=O) groups excluding carboxylic acids is 2. The third-order valence-electron chi connectivity index (χ3n) is 5.75. The molecule has 1 heterocycles. The summed E-state index contributed by atoms with van der Waals surface area (Å²) in [7, 11) is 0. The third-order valence-corrected chi connectivity index (χ3v) is 6.00. The minimum absolute atomic E-state index is 0.0366. The van der Waals surface area contributed by atoms with E-state index in [9.17, 15) is 19.1 Å². The molecule has 2 fully saturated rings. The third kappa shape index (κ3) is 3.67. The highest BCUT2D eigenvalue weighted by molar-refractivity contribution is 6.46. The van der Waals surface area contributed by atoms with Gasteiger partial charge in [0.15, 0.2) is 0 Å². The van der Waals surface area contributed by atoms with Crippen molar-refractivity contribution in [2.75, 3.05) is 0 Å². The number of benzene rings is 2. The van der Waals surface area contributed by atoms with Crippen LogP contribution in [0.15, 0.2) is 54.1 Å². The summed E-state index contributed by atoms with van der Waals surface area (Å²) in [6.07, 6.45) is 4.76. The Labute approximate surface area is 173 Å². The Morgan fingerprint density at radius 3 is 2.21 bits per heavy atom. The van der Waals surface area contributed by atoms with Crippen LogP contribution in [0.4, 0.5) is 4.39 Å². The Kier molecular flexibility index (Phi) is 5.41. The Hall–Kier alpha value is -2.66. The molecule has 2 aliphatic rings. The Morgan fingerprint density at radius 1 is 0.966 bits per heavy atom. The maximum Gasteiger partial charge on any atom is 0.295 e. The number of Topliss-reactive ketones (excluding diaryl/α,β-unsaturated/α-hetero) is 1. The summed E-state index contributed by atoms with van der Waals surface area (Å²) in [4.78, 5) is 27.6. The molecule has 4 rings (SSSR count). The molecular weight excluding hydrogens is 393 g/mol. The minimum atomic E-state index is -0.711. The normalized spacial score (nSPS) is 22.3. The van der Waals surface area contributed by atoms with Crippen LogP contribution in [0.5, 0.6) is 0 Å². The molecule has 4 nitrogen and oxygen atoms in total. The fourth-order valence-corrected chi connectivity index (χ4v) is 4.45. The predicted molar refractivity (Wildman–Crippen MR) is 109 cm³/mol. The molecule has 1 amide bonds. The molecule has 1 unspecified atom stereocenters. The molecule has 0 aromatic heterocycles. The van der Waals surface area contributed by atoms with Gasteiger partial charge in [0.1, 0.15) is 11.6 Å². The van der Waals surface area contributed by atoms with Crippen molar-refractivity contribution >= 4 is 29.1 Å². The van der Waals surface area contributed by atoms with Crippen LogP contribution in [0.25, 0.3) is 5.76 Å². The highest BCUT2D eigenvalue weighted by atomic mass is 35.5. The number of likely N-dealkylation sites (tertiary alicyclic amines) is 1. The molecule has 1 N–H and O–H groups in total. The van der Waals surface area contributed by atoms with E-state index in [0.29, 0.717) is 16.1 Å². The maximum absolute atomic E-state index is 13.3. The molecule has 150 valence electrons. The second kappa shape index (κ2) is 7.99. The monoisotopic (exact) mass is 413 g/mol. The van der Waals surface area contributed by atoms with Gasteiger partial charge in [-0.15, -0.1) is 0 Å². The zero-order valence-corrected chi connectivity index (χ0v) is 16.5. The van der Waals surface area contributed by atoms with Crippen molar-refractivity contribution in [1.29, 1.82) is 0 Å². The molecule has 0 spiro atoms. The van der Waals surface area contributed by atoms with Gasteiger partial charge in [0.05, 0.1) is 11.6 Å². The number of ketones is 1. The first-order valence-corrected chi connectivity index (χ1v) is 10.2. The van der Waals surface area contributed by atoms with E-state index in [1.807, 2.05) is 0 Å². The van der Waals surface area contributed by atoms with Crippen LogP contribution < -0.4 is 0 Å². The fraction of sp³-hybridized carbons (Fsp3) is 0.304. The summed E-state index contributed by atoms with van der Waals surface area (Å²) in [6, 6.07) is 11.4. The molecule has 6 heteroatoms. The summed E-state index contributed by atoms with van der Waals surface area (Å²) >= 11 is 6.03. The van der Waals surface area contributed by atoms with Crippen LogP contribution in [0.3, 0.4) is 0 Å². The lowest BCUT2D eigenvalue weighted by Gasteiger charge is -2.35. The van der Waals surface area contributed by atoms with Crippen LogP contribution in [-0.4, -0.2) is 27.7 Å². The van der Waals surface area contributed by atoms with E-state index in [-0.39, 0.29) is 17.4 Å². The number of carbonyl (C=O) groups is 2. The van der Waals surface area contributed by atoms with Gasteiger partial charge in [0.2, 0.25) is 0 Å². The minimum Gasteiger partial charge on any atom is -0.507 e. The summed E-state index contributed by atoms with van der Waals surface area (Å²) in [5.74, 6) is -2.04. The molecule has 2 aromatic carbocycles. The van der Waals surface area contributed by atoms with E-state index in [1.54, 1.807) is 29.2 Å². The van der Waals surface area contributed by atoms with Gasteiger partial charge in [-0.05, 0) is 54.8 Å². The summed E-state index contributed by atoms with van der Waals surface area (Å²) in [5.41, 5.74) is 1.05. The first kappa shape index (κ1) is 19.6. The van der Waals surface area contributed by atoms with E-state index < -0.39 is 23.5 Å². The van der Waals surface area contributed by atoms with Crippen molar-refractivity contribution in [2.45, 2.75) is 44.2 Å². The van der Waals surface area contributed by atoms with Crippen molar-refractivity contribution < 1.29 is 19.1 Å². The van der Waals surface area contributed by atoms with E-state index in [0.717, 1.165) is 32.1 Å². The number of halogens is 2. The van der Waals surface area contributed by atoms with Crippen molar-refractivity contribution in [1.82, 2.24) is 4.90 Å². The van der Waals surface area contributed by atoms with Crippen LogP contribution in [0, 0.1) is 5.82 Å². The van der Waals surface area contributed by atoms with E-state index in [4.69, 9.17) is 11.6 Å². The molecule has 1 atom stereocenters. The topological polar surface area (TPSA) is 57.6 Å². The number of nitrogens with zero attached hydrogens (tertiary/aromatic N) is 1. The average molecular weight is 414 g/mol. The van der Waals surface area contributed by atoms with Crippen molar-refractivity contribution in [3.8, 4) is 0 Å². The van der Waals surface area contributed by atoms with Crippen LogP contribution in [0.2, 0.25) is 5.02 Å². The van der Waals surface area contributed by atoms with Gasteiger partial charge >= 0.3 is 0 Å². The summed E-state index contributed by atoms with van der Waals surface area (Å²) < 4.78 is 13.3. The lowest BCUT2D eigenvalue weighted by atomic mass is 9.91. The number of aliphatic hydroxyl groups is 1. The van der Waals surface area contributed by atoms with Gasteiger partial charge < -0.3 is 10.0 Å². The van der Waals surface area contributed by atoms with Crippen LogP contribution >= 0.6 is 11.6 Å². The smallest absolute Gasteiger partial charge is 0.295 e. The average Bonchev–Trinajstić information content (AvgIpc) is 3.00. The molecule has 0 bridgehead atoms. The fourth-order valence-electron chi connectivity index (χ4n) is 4.32. The molecule has 1 saturated heterocycles. The second-order valence-electron chi connectivity index (χ2n) is 7.56. The molecule has 29 heavy (non-hydrogen) atoms. The maximum atomic E-state index is 13.3. The van der Waals surface area contributed by atoms with E-state index in [2.05, 4.69) is 0 Å². The van der Waals surface area contributed by atoms with Crippen molar-refractivity contribution in [3.05, 3.63) is 76.1 Å². The summed E-state index contributed by atoms with van der Waals surface area (Å²) in [5, 5.41) is 11.5. The van der Waals surface area contributed by atoms with Crippen molar-refractivity contribution in [3.63, 3.8) is 0 Å². The van der Waals surface area contributed by atoms with Gasteiger partial charge in [-0.3, -0.25) is 9.59 Å². The van der Waals surface area contributed by atoms with Crippen LogP contribution in [-0.2, 0) is 9.59 Å². The lowest BCUT2D eigenvalue weighted by molar-refractivity contribution is -0.141. The number of rotatable bonds is 3.